The van der Waals surface area contributed by atoms with Crippen LogP contribution in [0.1, 0.15) is 15.4 Å². The number of ether oxygens (including phenoxy) is 1. The zero-order chi connectivity index (χ0) is 18.2. The van der Waals surface area contributed by atoms with Gasteiger partial charge in [0.15, 0.2) is 0 Å². The summed E-state index contributed by atoms with van der Waals surface area (Å²) in [5.74, 6) is 0.594. The van der Waals surface area contributed by atoms with Crippen molar-refractivity contribution in [2.24, 2.45) is 0 Å². The van der Waals surface area contributed by atoms with Gasteiger partial charge in [-0.25, -0.2) is 13.4 Å². The van der Waals surface area contributed by atoms with E-state index < -0.39 is 10.0 Å². The highest BCUT2D eigenvalue weighted by Gasteiger charge is 2.22. The highest BCUT2D eigenvalue weighted by atomic mass is 32.2. The Balaban J connectivity index is 1.94. The smallest absolute Gasteiger partial charge is 0.263 e. The molecule has 2 heterocycles. The van der Waals surface area contributed by atoms with Crippen molar-refractivity contribution in [3.8, 4) is 15.6 Å². The van der Waals surface area contributed by atoms with Gasteiger partial charge in [0.25, 0.3) is 10.0 Å². The number of aryl methyl sites for hydroxylation is 3. The molecule has 0 aliphatic heterocycles. The predicted octanol–water partition coefficient (Wildman–Crippen LogP) is 4.61. The molecule has 132 valence electrons. The second-order valence-electron chi connectivity index (χ2n) is 5.53. The van der Waals surface area contributed by atoms with E-state index in [0.717, 1.165) is 25.3 Å². The third-order valence-corrected chi connectivity index (χ3v) is 7.65. The second kappa shape index (κ2) is 6.78. The number of nitrogens with one attached hydrogen (secondary N) is 1. The lowest BCUT2D eigenvalue weighted by molar-refractivity contribution is 0.415. The van der Waals surface area contributed by atoms with E-state index in [-0.39, 0.29) is 4.90 Å². The van der Waals surface area contributed by atoms with Crippen LogP contribution in [-0.4, -0.2) is 20.5 Å². The van der Waals surface area contributed by atoms with Gasteiger partial charge in [0.1, 0.15) is 15.7 Å². The van der Waals surface area contributed by atoms with Crippen LogP contribution in [0.4, 0.5) is 5.69 Å². The molecule has 1 N–H and O–H groups in total. The quantitative estimate of drug-likeness (QED) is 0.686. The minimum Gasteiger partial charge on any atom is -0.497 e. The lowest BCUT2D eigenvalue weighted by Gasteiger charge is -2.08. The first kappa shape index (κ1) is 17.9. The fourth-order valence-electron chi connectivity index (χ4n) is 2.31. The van der Waals surface area contributed by atoms with Crippen LogP contribution in [0.3, 0.4) is 0 Å². The van der Waals surface area contributed by atoms with Crippen molar-refractivity contribution >= 4 is 38.4 Å². The summed E-state index contributed by atoms with van der Waals surface area (Å²) >= 11 is 3.02. The molecule has 5 nitrogen and oxygen atoms in total. The molecule has 0 radical (unpaired) electrons. The number of rotatable bonds is 5. The van der Waals surface area contributed by atoms with Crippen LogP contribution in [0.25, 0.3) is 9.88 Å². The summed E-state index contributed by atoms with van der Waals surface area (Å²) in [4.78, 5) is 7.54. The minimum atomic E-state index is -3.68. The molecule has 0 amide bonds. The normalized spacial score (nSPS) is 11.5. The van der Waals surface area contributed by atoms with Gasteiger partial charge in [0, 0.05) is 15.8 Å². The molecule has 0 saturated carbocycles. The van der Waals surface area contributed by atoms with Crippen molar-refractivity contribution in [2.75, 3.05) is 11.8 Å². The largest absolute Gasteiger partial charge is 0.497 e. The lowest BCUT2D eigenvalue weighted by atomic mass is 10.3. The Bertz CT molecular complexity index is 1000. The van der Waals surface area contributed by atoms with E-state index in [4.69, 9.17) is 4.74 Å². The molecule has 0 saturated heterocycles. The first-order valence-corrected chi connectivity index (χ1v) is 10.6. The van der Waals surface area contributed by atoms with Crippen molar-refractivity contribution in [3.63, 3.8) is 0 Å². The van der Waals surface area contributed by atoms with E-state index in [0.29, 0.717) is 11.4 Å². The molecule has 0 spiro atoms. The van der Waals surface area contributed by atoms with Gasteiger partial charge in [-0.1, -0.05) is 6.07 Å². The van der Waals surface area contributed by atoms with Crippen LogP contribution in [0.5, 0.6) is 5.75 Å². The van der Waals surface area contributed by atoms with Gasteiger partial charge in [-0.05, 0) is 39.0 Å². The van der Waals surface area contributed by atoms with Crippen molar-refractivity contribution in [3.05, 3.63) is 45.8 Å². The third-order valence-electron chi connectivity index (χ3n) is 3.72. The van der Waals surface area contributed by atoms with Gasteiger partial charge in [0.2, 0.25) is 0 Å². The summed E-state index contributed by atoms with van der Waals surface area (Å²) in [6, 6.07) is 8.53. The maximum absolute atomic E-state index is 12.8. The molecule has 3 aromatic rings. The average molecular weight is 395 g/mol. The number of aromatic nitrogens is 1. The molecule has 3 rings (SSSR count). The van der Waals surface area contributed by atoms with Gasteiger partial charge in [0.05, 0.1) is 23.4 Å². The standard InChI is InChI=1S/C17H18N2O3S3/c1-10-11(2)24-17(18-10)15-9-16(12(3)23-15)25(20,21)19-13-6-5-7-14(8-13)22-4/h5-9,19H,1-4H3. The predicted molar refractivity (Wildman–Crippen MR) is 103 cm³/mol. The molecule has 0 fully saturated rings. The highest BCUT2D eigenvalue weighted by Crippen LogP contribution is 2.37. The molecule has 1 aromatic carbocycles. The molecular formula is C17H18N2O3S3. The Morgan fingerprint density at radius 3 is 2.48 bits per heavy atom. The van der Waals surface area contributed by atoms with Crippen molar-refractivity contribution in [2.45, 2.75) is 25.7 Å². The van der Waals surface area contributed by atoms with Gasteiger partial charge < -0.3 is 4.74 Å². The Kier molecular flexibility index (Phi) is 4.86. The van der Waals surface area contributed by atoms with Crippen molar-refractivity contribution in [1.82, 2.24) is 4.98 Å². The van der Waals surface area contributed by atoms with Crippen LogP contribution in [0.2, 0.25) is 0 Å². The lowest BCUT2D eigenvalue weighted by Crippen LogP contribution is -2.13. The zero-order valence-corrected chi connectivity index (χ0v) is 16.7. The summed E-state index contributed by atoms with van der Waals surface area (Å²) in [5, 5.41) is 0.853. The minimum absolute atomic E-state index is 0.279. The second-order valence-corrected chi connectivity index (χ2v) is 9.64. The third kappa shape index (κ3) is 3.70. The molecule has 0 atom stereocenters. The molecule has 0 bridgehead atoms. The van der Waals surface area contributed by atoms with Crippen LogP contribution < -0.4 is 9.46 Å². The van der Waals surface area contributed by atoms with Crippen LogP contribution in [0.15, 0.2) is 35.2 Å². The SMILES string of the molecule is COc1cccc(NS(=O)(=O)c2cc(-c3nc(C)c(C)s3)sc2C)c1. The van der Waals surface area contributed by atoms with Gasteiger partial charge in [-0.3, -0.25) is 4.72 Å². The number of methoxy groups -OCH3 is 1. The van der Waals surface area contributed by atoms with E-state index in [9.17, 15) is 8.42 Å². The maximum atomic E-state index is 12.8. The zero-order valence-electron chi connectivity index (χ0n) is 14.3. The van der Waals surface area contributed by atoms with E-state index in [1.807, 2.05) is 20.8 Å². The molecule has 25 heavy (non-hydrogen) atoms. The van der Waals surface area contributed by atoms with Gasteiger partial charge >= 0.3 is 0 Å². The topological polar surface area (TPSA) is 68.3 Å². The summed E-state index contributed by atoms with van der Waals surface area (Å²) in [6.07, 6.45) is 0. The number of hydrogen-bond donors (Lipinski definition) is 1. The Morgan fingerprint density at radius 1 is 1.08 bits per heavy atom. The van der Waals surface area contributed by atoms with Crippen molar-refractivity contribution in [1.29, 1.82) is 0 Å². The number of benzene rings is 1. The monoisotopic (exact) mass is 394 g/mol. The van der Waals surface area contributed by atoms with E-state index in [1.165, 1.54) is 11.3 Å². The fourth-order valence-corrected chi connectivity index (χ4v) is 5.91. The van der Waals surface area contributed by atoms with Crippen LogP contribution in [0, 0.1) is 20.8 Å². The summed E-state index contributed by atoms with van der Waals surface area (Å²) < 4.78 is 33.3. The molecule has 8 heteroatoms. The Labute approximate surface area is 155 Å². The number of nitrogens with zero attached hydrogens (tertiary/aromatic N) is 1. The number of hydrogen-bond acceptors (Lipinski definition) is 6. The molecular weight excluding hydrogens is 376 g/mol. The van der Waals surface area contributed by atoms with E-state index in [1.54, 1.807) is 48.8 Å². The number of thiophene rings is 1. The van der Waals surface area contributed by atoms with Crippen LogP contribution in [-0.2, 0) is 10.0 Å². The summed E-state index contributed by atoms with van der Waals surface area (Å²) in [6.45, 7) is 5.78. The summed E-state index contributed by atoms with van der Waals surface area (Å²) in [7, 11) is -2.14. The van der Waals surface area contributed by atoms with Crippen molar-refractivity contribution < 1.29 is 13.2 Å². The highest BCUT2D eigenvalue weighted by molar-refractivity contribution is 7.93. The van der Waals surface area contributed by atoms with Crippen LogP contribution >= 0.6 is 22.7 Å². The molecule has 2 aromatic heterocycles. The number of anilines is 1. The Morgan fingerprint density at radius 2 is 1.84 bits per heavy atom. The van der Waals surface area contributed by atoms with Gasteiger partial charge in [-0.2, -0.15) is 0 Å². The molecule has 0 unspecified atom stereocenters. The Hall–Kier alpha value is -1.90. The first-order chi connectivity index (χ1) is 11.8. The van der Waals surface area contributed by atoms with E-state index in [2.05, 4.69) is 9.71 Å². The number of thiazole rings is 1. The maximum Gasteiger partial charge on any atom is 0.263 e. The number of sulfonamides is 1. The fraction of sp³-hybridized carbons (Fsp3) is 0.235. The first-order valence-electron chi connectivity index (χ1n) is 7.52. The molecule has 0 aliphatic carbocycles. The van der Waals surface area contributed by atoms with E-state index >= 15 is 0 Å². The van der Waals surface area contributed by atoms with Gasteiger partial charge in [-0.15, -0.1) is 22.7 Å². The summed E-state index contributed by atoms with van der Waals surface area (Å²) in [5.41, 5.74) is 1.44. The molecule has 0 aliphatic rings. The average Bonchev–Trinajstić information content (AvgIpc) is 3.11.